The summed E-state index contributed by atoms with van der Waals surface area (Å²) in [5.41, 5.74) is 9.06. The topological polar surface area (TPSA) is 37.2 Å². The molecule has 1 fully saturated rings. The Labute approximate surface area is 179 Å². The van der Waals surface area contributed by atoms with Crippen molar-refractivity contribution in [3.05, 3.63) is 70.8 Å². The number of hydrogen-bond acceptors (Lipinski definition) is 4. The molecule has 4 nitrogen and oxygen atoms in total. The fourth-order valence-electron chi connectivity index (χ4n) is 4.80. The van der Waals surface area contributed by atoms with Crippen LogP contribution < -0.4 is 0 Å². The van der Waals surface area contributed by atoms with E-state index in [1.165, 1.54) is 33.5 Å². The van der Waals surface area contributed by atoms with Crippen molar-refractivity contribution in [2.75, 3.05) is 26.2 Å². The fourth-order valence-corrected chi connectivity index (χ4v) is 4.80. The molecule has 0 unspecified atom stereocenters. The number of benzene rings is 2. The van der Waals surface area contributed by atoms with Gasteiger partial charge in [0.2, 0.25) is 0 Å². The summed E-state index contributed by atoms with van der Waals surface area (Å²) in [6.07, 6.45) is 6.52. The average molecular weight is 400 g/mol. The van der Waals surface area contributed by atoms with E-state index < -0.39 is 0 Å². The van der Waals surface area contributed by atoms with Crippen molar-refractivity contribution < 1.29 is 4.74 Å². The van der Waals surface area contributed by atoms with Crippen molar-refractivity contribution in [1.82, 2.24) is 4.90 Å². The maximum absolute atomic E-state index is 5.86. The fraction of sp³-hybridized carbons (Fsp3) is 0.385. The maximum atomic E-state index is 5.86. The summed E-state index contributed by atoms with van der Waals surface area (Å²) in [6.45, 7) is 8.04. The van der Waals surface area contributed by atoms with Crippen LogP contribution in [0.2, 0.25) is 0 Å². The second kappa shape index (κ2) is 8.29. The number of nitrogens with zero attached hydrogens (tertiary/aromatic N) is 3. The summed E-state index contributed by atoms with van der Waals surface area (Å²) in [5.74, 6) is 0. The van der Waals surface area contributed by atoms with E-state index in [0.717, 1.165) is 44.7 Å². The van der Waals surface area contributed by atoms with Crippen LogP contribution in [-0.2, 0) is 17.6 Å². The highest BCUT2D eigenvalue weighted by molar-refractivity contribution is 5.95. The minimum absolute atomic E-state index is 0.300. The zero-order valence-electron chi connectivity index (χ0n) is 17.8. The zero-order chi connectivity index (χ0) is 20.5. The highest BCUT2D eigenvalue weighted by Gasteiger charge is 2.25. The molecule has 3 heterocycles. The van der Waals surface area contributed by atoms with Gasteiger partial charge in [-0.25, -0.2) is 0 Å². The molecule has 0 amide bonds. The van der Waals surface area contributed by atoms with Gasteiger partial charge in [-0.05, 0) is 60.2 Å². The van der Waals surface area contributed by atoms with Gasteiger partial charge in [0.1, 0.15) is 0 Å². The second-order valence-electron chi connectivity index (χ2n) is 8.82. The molecule has 2 aromatic rings. The molecular formula is C26H29N3O. The van der Waals surface area contributed by atoms with Gasteiger partial charge < -0.3 is 4.74 Å². The van der Waals surface area contributed by atoms with Crippen molar-refractivity contribution in [3.8, 4) is 0 Å². The van der Waals surface area contributed by atoms with Crippen LogP contribution in [0.3, 0.4) is 0 Å². The van der Waals surface area contributed by atoms with Gasteiger partial charge in [0.25, 0.3) is 0 Å². The van der Waals surface area contributed by atoms with Crippen molar-refractivity contribution >= 4 is 23.2 Å². The molecule has 3 aliphatic rings. The van der Waals surface area contributed by atoms with Crippen LogP contribution in [0.25, 0.3) is 5.57 Å². The summed E-state index contributed by atoms with van der Waals surface area (Å²) in [4.78, 5) is 11.7. The van der Waals surface area contributed by atoms with Crippen LogP contribution in [0.15, 0.2) is 58.5 Å². The molecule has 0 aliphatic carbocycles. The number of fused-ring (bicyclic) bond motifs is 1. The maximum Gasteiger partial charge on any atom is 0.0678 e. The Bertz CT molecular complexity index is 1010. The van der Waals surface area contributed by atoms with Gasteiger partial charge in [-0.1, -0.05) is 36.4 Å². The molecule has 2 atom stereocenters. The van der Waals surface area contributed by atoms with Crippen LogP contribution in [0.4, 0.5) is 5.69 Å². The largest absolute Gasteiger partial charge is 0.373 e. The quantitative estimate of drug-likeness (QED) is 0.743. The van der Waals surface area contributed by atoms with Crippen LogP contribution >= 0.6 is 0 Å². The van der Waals surface area contributed by atoms with Gasteiger partial charge in [-0.3, -0.25) is 14.9 Å². The Kier molecular flexibility index (Phi) is 5.36. The normalized spacial score (nSPS) is 23.4. The smallest absolute Gasteiger partial charge is 0.0678 e. The number of hydrogen-bond donors (Lipinski definition) is 0. The predicted molar refractivity (Wildman–Crippen MR) is 124 cm³/mol. The molecule has 2 aromatic carbocycles. The first kappa shape index (κ1) is 19.4. The van der Waals surface area contributed by atoms with E-state index in [-0.39, 0.29) is 0 Å². The summed E-state index contributed by atoms with van der Waals surface area (Å²) >= 11 is 0. The highest BCUT2D eigenvalue weighted by atomic mass is 16.5. The summed E-state index contributed by atoms with van der Waals surface area (Å²) in [6, 6.07) is 15.7. The molecule has 0 radical (unpaired) electrons. The van der Waals surface area contributed by atoms with E-state index in [9.17, 15) is 0 Å². The number of rotatable bonds is 5. The van der Waals surface area contributed by atoms with E-state index in [0.29, 0.717) is 12.2 Å². The zero-order valence-corrected chi connectivity index (χ0v) is 17.8. The molecule has 0 bridgehead atoms. The number of allylic oxidation sites excluding steroid dienone is 1. The Morgan fingerprint density at radius 1 is 1.00 bits per heavy atom. The van der Waals surface area contributed by atoms with Gasteiger partial charge in [-0.2, -0.15) is 0 Å². The number of aliphatic imine (C=N–C) groups is 2. The van der Waals surface area contributed by atoms with Gasteiger partial charge in [-0.15, -0.1) is 0 Å². The van der Waals surface area contributed by atoms with Crippen LogP contribution in [0.1, 0.15) is 36.1 Å². The standard InChI is InChI=1S/C26H29N3O/c1-18-15-29(16-19(2)30-18)17-25-13-24-12-21(5-8-26(24)28-25)11-20-3-6-22(7-4-20)23-9-10-27-14-23/h3-10,12,18-19H,11,13-17H2,1-2H3/t18-,19-/m0/s1. The van der Waals surface area contributed by atoms with Gasteiger partial charge in [0.05, 0.1) is 24.4 Å². The first-order valence-electron chi connectivity index (χ1n) is 11.0. The molecule has 0 saturated carbocycles. The molecule has 0 spiro atoms. The lowest BCUT2D eigenvalue weighted by atomic mass is 9.98. The van der Waals surface area contributed by atoms with Gasteiger partial charge in [0, 0.05) is 38.0 Å². The Morgan fingerprint density at radius 2 is 1.77 bits per heavy atom. The third-order valence-corrected chi connectivity index (χ3v) is 6.09. The first-order valence-corrected chi connectivity index (χ1v) is 11.0. The molecule has 30 heavy (non-hydrogen) atoms. The Morgan fingerprint density at radius 3 is 2.50 bits per heavy atom. The van der Waals surface area contributed by atoms with Gasteiger partial charge >= 0.3 is 0 Å². The number of ether oxygens (including phenoxy) is 1. The lowest BCUT2D eigenvalue weighted by molar-refractivity contribution is -0.0635. The molecule has 154 valence electrons. The van der Waals surface area contributed by atoms with E-state index in [1.807, 2.05) is 6.21 Å². The molecule has 0 aromatic heterocycles. The van der Waals surface area contributed by atoms with Crippen LogP contribution in [-0.4, -0.2) is 55.2 Å². The lowest BCUT2D eigenvalue weighted by Gasteiger charge is -2.35. The monoisotopic (exact) mass is 399 g/mol. The lowest BCUT2D eigenvalue weighted by Crippen LogP contribution is -2.47. The molecule has 0 N–H and O–H groups in total. The predicted octanol–water partition coefficient (Wildman–Crippen LogP) is 4.48. The minimum atomic E-state index is 0.300. The molecule has 1 saturated heterocycles. The summed E-state index contributed by atoms with van der Waals surface area (Å²) in [5, 5.41) is 0. The molecule has 5 rings (SSSR count). The van der Waals surface area contributed by atoms with Crippen molar-refractivity contribution in [2.24, 2.45) is 9.98 Å². The van der Waals surface area contributed by atoms with Crippen molar-refractivity contribution in [2.45, 2.75) is 38.9 Å². The third-order valence-electron chi connectivity index (χ3n) is 6.09. The highest BCUT2D eigenvalue weighted by Crippen LogP contribution is 2.29. The molecular weight excluding hydrogens is 370 g/mol. The summed E-state index contributed by atoms with van der Waals surface area (Å²) < 4.78 is 5.86. The minimum Gasteiger partial charge on any atom is -0.373 e. The van der Waals surface area contributed by atoms with Gasteiger partial charge in [0.15, 0.2) is 0 Å². The molecule has 3 aliphatic heterocycles. The Hall–Kier alpha value is -2.56. The van der Waals surface area contributed by atoms with E-state index >= 15 is 0 Å². The third kappa shape index (κ3) is 4.30. The SMILES string of the molecule is C[C@H]1CN(CC2=Nc3ccc(Cc4ccc(C5=CC=NC5)cc4)cc3C2)C[C@H](C)O1. The molecule has 4 heteroatoms. The van der Waals surface area contributed by atoms with Crippen LogP contribution in [0.5, 0.6) is 0 Å². The van der Waals surface area contributed by atoms with E-state index in [4.69, 9.17) is 9.73 Å². The van der Waals surface area contributed by atoms with Crippen LogP contribution in [0, 0.1) is 0 Å². The summed E-state index contributed by atoms with van der Waals surface area (Å²) in [7, 11) is 0. The van der Waals surface area contributed by atoms with E-state index in [1.54, 1.807) is 0 Å². The second-order valence-corrected chi connectivity index (χ2v) is 8.82. The first-order chi connectivity index (χ1) is 14.6. The van der Waals surface area contributed by atoms with Crippen molar-refractivity contribution in [1.29, 1.82) is 0 Å². The van der Waals surface area contributed by atoms with Crippen molar-refractivity contribution in [3.63, 3.8) is 0 Å². The van der Waals surface area contributed by atoms with E-state index in [2.05, 4.69) is 72.3 Å². The average Bonchev–Trinajstić information content (AvgIpc) is 3.37. The number of morpholine rings is 1. The Balaban J connectivity index is 1.22.